The summed E-state index contributed by atoms with van der Waals surface area (Å²) in [6, 6.07) is 8.51. The van der Waals surface area contributed by atoms with Gasteiger partial charge in [0.1, 0.15) is 17.0 Å². The van der Waals surface area contributed by atoms with Crippen LogP contribution in [0.15, 0.2) is 33.6 Å². The molecule has 0 aromatic heterocycles. The zero-order chi connectivity index (χ0) is 21.1. The van der Waals surface area contributed by atoms with Crippen molar-refractivity contribution in [3.05, 3.63) is 29.8 Å². The van der Waals surface area contributed by atoms with E-state index in [4.69, 9.17) is 4.74 Å². The van der Waals surface area contributed by atoms with E-state index in [0.29, 0.717) is 18.4 Å². The summed E-state index contributed by atoms with van der Waals surface area (Å²) in [6.07, 6.45) is 3.93. The molecular weight excluding hydrogens is 396 g/mol. The number of esters is 1. The van der Waals surface area contributed by atoms with Crippen molar-refractivity contribution in [1.82, 2.24) is 10.2 Å². The number of ether oxygens (including phenoxy) is 1. The SMILES string of the molecule is CN(CC(=O)OCC(=O)NC1(C#N)CCCCC1)C1=NS(=O)(=O)c2ccccc21. The lowest BCUT2D eigenvalue weighted by Crippen LogP contribution is -2.50. The smallest absolute Gasteiger partial charge is 0.326 e. The number of carbonyl (C=O) groups is 2. The first-order valence-electron chi connectivity index (χ1n) is 9.30. The number of likely N-dealkylation sites (N-methyl/N-ethyl adjacent to an activating group) is 1. The number of hydrogen-bond acceptors (Lipinski definition) is 7. The molecule has 9 nitrogen and oxygen atoms in total. The maximum atomic E-state index is 12.1. The molecule has 2 aliphatic rings. The summed E-state index contributed by atoms with van der Waals surface area (Å²) in [5.74, 6) is -1.09. The third-order valence-electron chi connectivity index (χ3n) is 5.00. The largest absolute Gasteiger partial charge is 0.454 e. The van der Waals surface area contributed by atoms with Crippen LogP contribution in [0, 0.1) is 11.3 Å². The molecule has 0 bridgehead atoms. The van der Waals surface area contributed by atoms with Gasteiger partial charge in [-0.05, 0) is 25.0 Å². The van der Waals surface area contributed by atoms with Crippen molar-refractivity contribution >= 4 is 27.7 Å². The molecule has 10 heteroatoms. The summed E-state index contributed by atoms with van der Waals surface area (Å²) in [5, 5.41) is 12.1. The number of benzene rings is 1. The monoisotopic (exact) mass is 418 g/mol. The van der Waals surface area contributed by atoms with Gasteiger partial charge in [-0.15, -0.1) is 4.40 Å². The van der Waals surface area contributed by atoms with Gasteiger partial charge in [0.05, 0.1) is 6.07 Å². The molecule has 0 unspecified atom stereocenters. The predicted molar refractivity (Wildman–Crippen MR) is 103 cm³/mol. The molecule has 154 valence electrons. The molecule has 1 heterocycles. The van der Waals surface area contributed by atoms with Crippen LogP contribution in [0.3, 0.4) is 0 Å². The topological polar surface area (TPSA) is 129 Å². The summed E-state index contributed by atoms with van der Waals surface area (Å²) in [5.41, 5.74) is -0.483. The molecule has 29 heavy (non-hydrogen) atoms. The normalized spacial score (nSPS) is 18.7. The van der Waals surface area contributed by atoms with E-state index >= 15 is 0 Å². The molecule has 0 spiro atoms. The number of rotatable bonds is 5. The van der Waals surface area contributed by atoms with Crippen LogP contribution in [-0.4, -0.2) is 56.8 Å². The van der Waals surface area contributed by atoms with Gasteiger partial charge in [0.25, 0.3) is 15.9 Å². The molecule has 3 rings (SSSR count). The van der Waals surface area contributed by atoms with Crippen molar-refractivity contribution in [3.63, 3.8) is 0 Å². The van der Waals surface area contributed by atoms with Crippen LogP contribution in [0.5, 0.6) is 0 Å². The van der Waals surface area contributed by atoms with Gasteiger partial charge in [-0.1, -0.05) is 31.4 Å². The Balaban J connectivity index is 1.55. The lowest BCUT2D eigenvalue weighted by atomic mass is 9.83. The number of nitrogens with one attached hydrogen (secondary N) is 1. The highest BCUT2D eigenvalue weighted by Gasteiger charge is 2.34. The maximum Gasteiger partial charge on any atom is 0.326 e. The Morgan fingerprint density at radius 3 is 2.66 bits per heavy atom. The highest BCUT2D eigenvalue weighted by molar-refractivity contribution is 7.90. The van der Waals surface area contributed by atoms with E-state index in [1.165, 1.54) is 18.0 Å². The Morgan fingerprint density at radius 1 is 1.28 bits per heavy atom. The summed E-state index contributed by atoms with van der Waals surface area (Å²) in [4.78, 5) is 25.7. The second-order valence-electron chi connectivity index (χ2n) is 7.21. The minimum absolute atomic E-state index is 0.0869. The van der Waals surface area contributed by atoms with E-state index in [-0.39, 0.29) is 17.3 Å². The summed E-state index contributed by atoms with van der Waals surface area (Å²) >= 11 is 0. The molecular formula is C19H22N4O5S. The van der Waals surface area contributed by atoms with Crippen LogP contribution in [0.4, 0.5) is 0 Å². The van der Waals surface area contributed by atoms with Crippen LogP contribution in [-0.2, 0) is 24.3 Å². The molecule has 1 fully saturated rings. The number of nitrogens with zero attached hydrogens (tertiary/aromatic N) is 3. The molecule has 0 radical (unpaired) electrons. The van der Waals surface area contributed by atoms with Crippen molar-refractivity contribution in [3.8, 4) is 6.07 Å². The van der Waals surface area contributed by atoms with Crippen LogP contribution in [0.25, 0.3) is 0 Å². The highest BCUT2D eigenvalue weighted by Crippen LogP contribution is 2.28. The average Bonchev–Trinajstić information content (AvgIpc) is 2.99. The first-order chi connectivity index (χ1) is 13.8. The number of amides is 1. The summed E-state index contributed by atoms with van der Waals surface area (Å²) in [7, 11) is -2.27. The third-order valence-corrected chi connectivity index (χ3v) is 6.33. The van der Waals surface area contributed by atoms with E-state index in [1.807, 2.05) is 0 Å². The number of fused-ring (bicyclic) bond motifs is 1. The molecule has 1 aliphatic carbocycles. The first-order valence-corrected chi connectivity index (χ1v) is 10.7. The molecule has 1 amide bonds. The zero-order valence-corrected chi connectivity index (χ0v) is 16.9. The Kier molecular flexibility index (Phi) is 5.88. The van der Waals surface area contributed by atoms with Gasteiger partial charge in [-0.25, -0.2) is 0 Å². The molecule has 1 aromatic rings. The quantitative estimate of drug-likeness (QED) is 0.705. The van der Waals surface area contributed by atoms with Gasteiger partial charge in [0.15, 0.2) is 12.4 Å². The standard InChI is InChI=1S/C19H22N4O5S/c1-23(18-14-7-3-4-8-15(14)29(26,27)22-18)11-17(25)28-12-16(24)21-19(13-20)9-5-2-6-10-19/h3-4,7-8H,2,5-6,9-12H2,1H3,(H,21,24). The van der Waals surface area contributed by atoms with Gasteiger partial charge >= 0.3 is 5.97 Å². The second kappa shape index (κ2) is 8.21. The maximum absolute atomic E-state index is 12.1. The van der Waals surface area contributed by atoms with Gasteiger partial charge in [-0.3, -0.25) is 9.59 Å². The van der Waals surface area contributed by atoms with Gasteiger partial charge in [0, 0.05) is 12.6 Å². The lowest BCUT2D eigenvalue weighted by Gasteiger charge is -2.31. The van der Waals surface area contributed by atoms with Crippen molar-refractivity contribution in [2.24, 2.45) is 4.40 Å². The zero-order valence-electron chi connectivity index (χ0n) is 16.1. The first kappa shape index (κ1) is 20.8. The number of sulfonamides is 1. The highest BCUT2D eigenvalue weighted by atomic mass is 32.2. The molecule has 0 saturated heterocycles. The fourth-order valence-electron chi connectivity index (χ4n) is 3.55. The second-order valence-corrected chi connectivity index (χ2v) is 8.78. The number of carbonyl (C=O) groups excluding carboxylic acids is 2. The number of hydrogen-bond donors (Lipinski definition) is 1. The van der Waals surface area contributed by atoms with E-state index in [1.54, 1.807) is 18.2 Å². The molecule has 1 N–H and O–H groups in total. The van der Waals surface area contributed by atoms with Gasteiger partial charge in [0.2, 0.25) is 0 Å². The van der Waals surface area contributed by atoms with E-state index < -0.39 is 34.0 Å². The van der Waals surface area contributed by atoms with Gasteiger partial charge < -0.3 is 15.0 Å². The fourth-order valence-corrected chi connectivity index (χ4v) is 4.80. The summed E-state index contributed by atoms with van der Waals surface area (Å²) < 4.78 is 32.9. The van der Waals surface area contributed by atoms with Gasteiger partial charge in [-0.2, -0.15) is 13.7 Å². The predicted octanol–water partition coefficient (Wildman–Crippen LogP) is 0.953. The molecule has 1 aliphatic heterocycles. The minimum atomic E-state index is -3.79. The van der Waals surface area contributed by atoms with Crippen molar-refractivity contribution in [2.45, 2.75) is 42.5 Å². The average molecular weight is 418 g/mol. The molecule has 1 saturated carbocycles. The van der Waals surface area contributed by atoms with Crippen molar-refractivity contribution in [1.29, 1.82) is 5.26 Å². The number of amidine groups is 1. The Morgan fingerprint density at radius 2 is 1.97 bits per heavy atom. The molecule has 1 aromatic carbocycles. The van der Waals surface area contributed by atoms with E-state index in [2.05, 4.69) is 15.8 Å². The Hall–Kier alpha value is -2.93. The van der Waals surface area contributed by atoms with E-state index in [9.17, 15) is 23.3 Å². The Bertz CT molecular complexity index is 990. The fraction of sp³-hybridized carbons (Fsp3) is 0.474. The molecule has 0 atom stereocenters. The third kappa shape index (κ3) is 4.56. The minimum Gasteiger partial charge on any atom is -0.454 e. The Labute approximate surface area is 169 Å². The summed E-state index contributed by atoms with van der Waals surface area (Å²) in [6.45, 7) is -0.781. The van der Waals surface area contributed by atoms with Crippen LogP contribution in [0.1, 0.15) is 37.7 Å². The number of nitriles is 1. The van der Waals surface area contributed by atoms with Crippen molar-refractivity contribution in [2.75, 3.05) is 20.2 Å². The van der Waals surface area contributed by atoms with Crippen LogP contribution >= 0.6 is 0 Å². The van der Waals surface area contributed by atoms with Crippen molar-refractivity contribution < 1.29 is 22.7 Å². The lowest BCUT2D eigenvalue weighted by molar-refractivity contribution is -0.149. The van der Waals surface area contributed by atoms with Crippen LogP contribution < -0.4 is 5.32 Å². The van der Waals surface area contributed by atoms with E-state index in [0.717, 1.165) is 19.3 Å². The van der Waals surface area contributed by atoms with Crippen LogP contribution in [0.2, 0.25) is 0 Å².